The molecular formula is C32H43NO3. The number of hydrogen-bond acceptors (Lipinski definition) is 3. The number of carbonyl (C=O) groups excluding carboxylic acids is 2. The molecule has 0 bridgehead atoms. The van der Waals surface area contributed by atoms with Crippen LogP contribution in [0.25, 0.3) is 4.85 Å². The zero-order chi connectivity index (χ0) is 26.7. The molecule has 0 aliphatic heterocycles. The largest absolute Gasteiger partial charge is 0.512 e. The quantitative estimate of drug-likeness (QED) is 0.304. The first-order valence-corrected chi connectivity index (χ1v) is 13.8. The van der Waals surface area contributed by atoms with Crippen molar-refractivity contribution < 1.29 is 14.7 Å². The third kappa shape index (κ3) is 2.87. The highest BCUT2D eigenvalue weighted by Crippen LogP contribution is 2.75. The van der Waals surface area contributed by atoms with Crippen molar-refractivity contribution in [2.75, 3.05) is 0 Å². The Hall–Kier alpha value is -2.15. The second-order valence-electron chi connectivity index (χ2n) is 14.8. The van der Waals surface area contributed by atoms with E-state index >= 15 is 0 Å². The van der Waals surface area contributed by atoms with E-state index in [9.17, 15) is 14.7 Å². The average molecular weight is 490 g/mol. The molecule has 4 heteroatoms. The molecule has 0 aromatic heterocycles. The predicted molar refractivity (Wildman–Crippen MR) is 142 cm³/mol. The summed E-state index contributed by atoms with van der Waals surface area (Å²) in [5.74, 6) is 0.348. The van der Waals surface area contributed by atoms with E-state index in [1.54, 1.807) is 0 Å². The van der Waals surface area contributed by atoms with Crippen molar-refractivity contribution in [2.24, 2.45) is 50.2 Å². The maximum absolute atomic E-state index is 14.3. The molecular weight excluding hydrogens is 446 g/mol. The average Bonchev–Trinajstić information content (AvgIpc) is 2.77. The first-order chi connectivity index (χ1) is 16.5. The molecule has 3 fully saturated rings. The van der Waals surface area contributed by atoms with Crippen LogP contribution in [0, 0.1) is 56.8 Å². The molecule has 1 N–H and O–H groups in total. The van der Waals surface area contributed by atoms with Gasteiger partial charge in [0.1, 0.15) is 0 Å². The fraction of sp³-hybridized carbons (Fsp3) is 0.719. The van der Waals surface area contributed by atoms with Gasteiger partial charge in [-0.1, -0.05) is 66.7 Å². The van der Waals surface area contributed by atoms with E-state index in [-0.39, 0.29) is 62.4 Å². The van der Waals surface area contributed by atoms with Crippen LogP contribution in [0.2, 0.25) is 0 Å². The minimum atomic E-state index is -0.643. The molecule has 4 nitrogen and oxygen atoms in total. The number of allylic oxidation sites excluding steroid dienone is 5. The SMILES string of the molecule is [C-]#[N+]C1=C[C@]2(C)C3=CC(=O)C4C5CC(C)(C)CC[C@]5(C(=C)O)CC[C@@]4(C)[C@]3(C)CC[C@H]2C(C)(C)C1=O. The third-order valence-corrected chi connectivity index (χ3v) is 12.4. The molecule has 0 spiro atoms. The molecule has 0 heterocycles. The van der Waals surface area contributed by atoms with Crippen LogP contribution < -0.4 is 0 Å². The van der Waals surface area contributed by atoms with Crippen LogP contribution in [0.1, 0.15) is 93.4 Å². The smallest absolute Gasteiger partial charge is 0.226 e. The van der Waals surface area contributed by atoms with Gasteiger partial charge in [0.15, 0.2) is 11.6 Å². The number of Topliss-reactive ketones (excluding diaryl/α,β-unsaturated/α-hetero) is 1. The molecule has 0 amide bonds. The first-order valence-electron chi connectivity index (χ1n) is 13.8. The second kappa shape index (κ2) is 7.24. The second-order valence-corrected chi connectivity index (χ2v) is 14.8. The summed E-state index contributed by atoms with van der Waals surface area (Å²) in [4.78, 5) is 31.2. The van der Waals surface area contributed by atoms with Gasteiger partial charge >= 0.3 is 0 Å². The Morgan fingerprint density at radius 2 is 1.67 bits per heavy atom. The lowest BCUT2D eigenvalue weighted by Gasteiger charge is -2.69. The maximum atomic E-state index is 14.3. The lowest BCUT2D eigenvalue weighted by molar-refractivity contribution is -0.169. The van der Waals surface area contributed by atoms with Gasteiger partial charge in [-0.25, -0.2) is 4.85 Å². The van der Waals surface area contributed by atoms with Crippen LogP contribution in [0.4, 0.5) is 0 Å². The Morgan fingerprint density at radius 1 is 1.03 bits per heavy atom. The number of nitrogens with zero attached hydrogens (tertiary/aromatic N) is 1. The summed E-state index contributed by atoms with van der Waals surface area (Å²) in [6.07, 6.45) is 10.2. The normalized spacial score (nSPS) is 46.7. The topological polar surface area (TPSA) is 58.7 Å². The van der Waals surface area contributed by atoms with E-state index in [4.69, 9.17) is 6.57 Å². The van der Waals surface area contributed by atoms with Gasteiger partial charge in [0.05, 0.1) is 12.3 Å². The van der Waals surface area contributed by atoms with Crippen LogP contribution in [0.15, 0.2) is 35.8 Å². The van der Waals surface area contributed by atoms with Crippen molar-refractivity contribution in [1.29, 1.82) is 0 Å². The highest BCUT2D eigenvalue weighted by atomic mass is 16.3. The monoisotopic (exact) mass is 489 g/mol. The number of fused-ring (bicyclic) bond motifs is 7. The summed E-state index contributed by atoms with van der Waals surface area (Å²) >= 11 is 0. The minimum absolute atomic E-state index is 0.0591. The Labute approximate surface area is 217 Å². The molecule has 5 aliphatic rings. The van der Waals surface area contributed by atoms with Gasteiger partial charge in [0, 0.05) is 22.2 Å². The highest BCUT2D eigenvalue weighted by molar-refractivity contribution is 6.03. The molecule has 0 aromatic carbocycles. The van der Waals surface area contributed by atoms with Gasteiger partial charge in [-0.2, -0.15) is 0 Å². The summed E-state index contributed by atoms with van der Waals surface area (Å²) in [5, 5.41) is 10.9. The number of hydrogen-bond donors (Lipinski definition) is 1. The summed E-state index contributed by atoms with van der Waals surface area (Å²) in [6, 6.07) is 0. The lowest BCUT2D eigenvalue weighted by Crippen LogP contribution is -2.65. The Balaban J connectivity index is 1.71. The number of rotatable bonds is 1. The lowest BCUT2D eigenvalue weighted by atomic mass is 9.34. The van der Waals surface area contributed by atoms with Crippen molar-refractivity contribution >= 4 is 11.6 Å². The zero-order valence-electron chi connectivity index (χ0n) is 23.3. The van der Waals surface area contributed by atoms with E-state index in [0.29, 0.717) is 0 Å². The van der Waals surface area contributed by atoms with Crippen LogP contribution in [0.3, 0.4) is 0 Å². The summed E-state index contributed by atoms with van der Waals surface area (Å²) in [5.41, 5.74) is -0.533. The molecule has 194 valence electrons. The maximum Gasteiger partial charge on any atom is 0.226 e. The molecule has 5 aliphatic carbocycles. The van der Waals surface area contributed by atoms with Gasteiger partial charge in [0.25, 0.3) is 0 Å². The summed E-state index contributed by atoms with van der Waals surface area (Å²) in [7, 11) is 0. The van der Waals surface area contributed by atoms with Crippen molar-refractivity contribution in [3.05, 3.63) is 47.2 Å². The standard InChI is InChI=1S/C32H43NO3/c1-19(34)32-14-12-27(2,3)17-20(32)25-22(35)16-24-29(6)18-21(33-9)26(36)28(4,5)23(29)10-11-30(24,7)31(25,8)13-15-32/h16,18,20,23,25,34H,1,10-15,17H2,2-8H3/t20?,23-,25?,29-,30+,31+,32+/m0/s1. The first kappa shape index (κ1) is 25.5. The molecule has 0 radical (unpaired) electrons. The molecule has 7 atom stereocenters. The molecule has 3 saturated carbocycles. The van der Waals surface area contributed by atoms with Crippen LogP contribution in [0.5, 0.6) is 0 Å². The van der Waals surface area contributed by atoms with Crippen molar-refractivity contribution in [3.8, 4) is 0 Å². The Morgan fingerprint density at radius 3 is 2.28 bits per heavy atom. The van der Waals surface area contributed by atoms with Gasteiger partial charge in [0.2, 0.25) is 5.70 Å². The number of ketones is 2. The van der Waals surface area contributed by atoms with E-state index in [2.05, 4.69) is 46.0 Å². The van der Waals surface area contributed by atoms with Crippen molar-refractivity contribution in [1.82, 2.24) is 0 Å². The van der Waals surface area contributed by atoms with Crippen LogP contribution >= 0.6 is 0 Å². The van der Waals surface area contributed by atoms with Gasteiger partial charge in [-0.3, -0.25) is 4.79 Å². The predicted octanol–water partition coefficient (Wildman–Crippen LogP) is 7.63. The van der Waals surface area contributed by atoms with E-state index in [0.717, 1.165) is 50.5 Å². The van der Waals surface area contributed by atoms with Crippen LogP contribution in [-0.2, 0) is 9.59 Å². The number of aliphatic hydroxyl groups excluding tert-OH is 1. The van der Waals surface area contributed by atoms with E-state index in [1.165, 1.54) is 0 Å². The molecule has 0 saturated heterocycles. The summed E-state index contributed by atoms with van der Waals surface area (Å²) < 4.78 is 0. The zero-order valence-corrected chi connectivity index (χ0v) is 23.3. The van der Waals surface area contributed by atoms with E-state index < -0.39 is 10.8 Å². The minimum Gasteiger partial charge on any atom is -0.512 e. The fourth-order valence-corrected chi connectivity index (χ4v) is 10.1. The molecule has 36 heavy (non-hydrogen) atoms. The highest BCUT2D eigenvalue weighted by Gasteiger charge is 2.70. The van der Waals surface area contributed by atoms with E-state index in [1.807, 2.05) is 26.0 Å². The fourth-order valence-electron chi connectivity index (χ4n) is 10.1. The molecule has 5 rings (SSSR count). The number of aliphatic hydroxyl groups is 1. The van der Waals surface area contributed by atoms with Gasteiger partial charge < -0.3 is 9.90 Å². The third-order valence-electron chi connectivity index (χ3n) is 12.4. The van der Waals surface area contributed by atoms with Crippen LogP contribution in [-0.4, -0.2) is 16.7 Å². The molecule has 0 aromatic rings. The van der Waals surface area contributed by atoms with Gasteiger partial charge in [-0.15, -0.1) is 0 Å². The van der Waals surface area contributed by atoms with Crippen molar-refractivity contribution in [2.45, 2.75) is 93.4 Å². The molecule has 2 unspecified atom stereocenters. The van der Waals surface area contributed by atoms with Crippen molar-refractivity contribution in [3.63, 3.8) is 0 Å². The van der Waals surface area contributed by atoms with Gasteiger partial charge in [-0.05, 0) is 79.1 Å². The summed E-state index contributed by atoms with van der Waals surface area (Å²) in [6.45, 7) is 27.2. The number of carbonyl (C=O) groups is 2. The Kier molecular flexibility index (Phi) is 5.13. The Bertz CT molecular complexity index is 1180.